The fourth-order valence-electron chi connectivity index (χ4n) is 2.02. The topological polar surface area (TPSA) is 82.0 Å². The Bertz CT molecular complexity index is 885. The maximum absolute atomic E-state index is 12.3. The Kier molecular flexibility index (Phi) is 6.52. The molecule has 0 bridgehead atoms. The number of rotatable bonds is 7. The van der Waals surface area contributed by atoms with Crippen molar-refractivity contribution in [3.8, 4) is 0 Å². The van der Waals surface area contributed by atoms with Gasteiger partial charge >= 0.3 is 16.1 Å². The van der Waals surface area contributed by atoms with E-state index in [2.05, 4.69) is 5.16 Å². The van der Waals surface area contributed by atoms with Crippen LogP contribution in [0.1, 0.15) is 30.0 Å². The molecule has 0 heterocycles. The molecule has 6 nitrogen and oxygen atoms in total. The van der Waals surface area contributed by atoms with Crippen molar-refractivity contribution in [2.45, 2.75) is 32.1 Å². The van der Waals surface area contributed by atoms with E-state index in [4.69, 9.17) is 9.02 Å². The summed E-state index contributed by atoms with van der Waals surface area (Å²) < 4.78 is 34.4. The number of carbonyl (C=O) groups excluding carboxylic acids is 1. The van der Waals surface area contributed by atoms with Crippen LogP contribution in [0.25, 0.3) is 0 Å². The number of ether oxygens (including phenoxy) is 1. The summed E-state index contributed by atoms with van der Waals surface area (Å²) in [5, 5.41) is 3.60. The van der Waals surface area contributed by atoms with Gasteiger partial charge < -0.3 is 4.74 Å². The van der Waals surface area contributed by atoms with E-state index in [9.17, 15) is 13.2 Å². The van der Waals surface area contributed by atoms with Crippen molar-refractivity contribution in [2.75, 3.05) is 6.61 Å². The van der Waals surface area contributed by atoms with E-state index in [0.717, 1.165) is 11.1 Å². The number of esters is 1. The minimum absolute atomic E-state index is 0.0444. The van der Waals surface area contributed by atoms with Crippen molar-refractivity contribution in [3.05, 3.63) is 65.2 Å². The van der Waals surface area contributed by atoms with Gasteiger partial charge in [-0.15, -0.1) is 0 Å². The van der Waals surface area contributed by atoms with Gasteiger partial charge in [-0.2, -0.15) is 8.42 Å². The molecule has 26 heavy (non-hydrogen) atoms. The highest BCUT2D eigenvalue weighted by atomic mass is 32.2. The van der Waals surface area contributed by atoms with Gasteiger partial charge in [0, 0.05) is 5.56 Å². The van der Waals surface area contributed by atoms with E-state index in [-0.39, 0.29) is 17.2 Å². The molecule has 138 valence electrons. The van der Waals surface area contributed by atoms with E-state index in [1.807, 2.05) is 20.8 Å². The summed E-state index contributed by atoms with van der Waals surface area (Å²) >= 11 is 0. The molecule has 0 saturated carbocycles. The predicted molar refractivity (Wildman–Crippen MR) is 98.4 cm³/mol. The van der Waals surface area contributed by atoms with Crippen molar-refractivity contribution in [1.29, 1.82) is 0 Å². The molecule has 0 atom stereocenters. The van der Waals surface area contributed by atoms with Crippen LogP contribution < -0.4 is 0 Å². The van der Waals surface area contributed by atoms with Crippen molar-refractivity contribution < 1.29 is 22.2 Å². The quantitative estimate of drug-likeness (QED) is 0.421. The van der Waals surface area contributed by atoms with E-state index >= 15 is 0 Å². The monoisotopic (exact) mass is 375 g/mol. The number of carbonyl (C=O) groups is 1. The Labute approximate surface area is 153 Å². The van der Waals surface area contributed by atoms with Gasteiger partial charge in [-0.25, -0.2) is 4.79 Å². The van der Waals surface area contributed by atoms with Crippen LogP contribution in [0.2, 0.25) is 0 Å². The van der Waals surface area contributed by atoms with Gasteiger partial charge in [0.05, 0.1) is 6.61 Å². The molecule has 0 saturated heterocycles. The minimum Gasteiger partial charge on any atom is -0.461 e. The molecule has 2 aromatic rings. The normalized spacial score (nSPS) is 11.9. The third-order valence-corrected chi connectivity index (χ3v) is 4.61. The third kappa shape index (κ3) is 5.16. The summed E-state index contributed by atoms with van der Waals surface area (Å²) in [6.45, 7) is 5.80. The van der Waals surface area contributed by atoms with Gasteiger partial charge in [-0.1, -0.05) is 59.6 Å². The molecule has 0 radical (unpaired) electrons. The van der Waals surface area contributed by atoms with Gasteiger partial charge in [0.25, 0.3) is 0 Å². The third-order valence-electron chi connectivity index (χ3n) is 3.49. The largest absolute Gasteiger partial charge is 0.461 e. The Morgan fingerprint density at radius 2 is 1.50 bits per heavy atom. The second-order valence-corrected chi connectivity index (χ2v) is 7.31. The molecular formula is C19H21NO5S. The number of nitrogens with zero attached hydrogens (tertiary/aromatic N) is 1. The first kappa shape index (κ1) is 19.7. The van der Waals surface area contributed by atoms with Crippen molar-refractivity contribution in [2.24, 2.45) is 5.16 Å². The van der Waals surface area contributed by atoms with E-state index < -0.39 is 16.1 Å². The van der Waals surface area contributed by atoms with Gasteiger partial charge in [-0.05, 0) is 32.4 Å². The van der Waals surface area contributed by atoms with Crippen LogP contribution >= 0.6 is 0 Å². The zero-order valence-corrected chi connectivity index (χ0v) is 15.7. The molecule has 0 aromatic heterocycles. The lowest BCUT2D eigenvalue weighted by molar-refractivity contribution is -0.135. The lowest BCUT2D eigenvalue weighted by Gasteiger charge is -2.08. The van der Waals surface area contributed by atoms with E-state index in [1.54, 1.807) is 36.4 Å². The lowest BCUT2D eigenvalue weighted by atomic mass is 10.1. The second-order valence-electron chi connectivity index (χ2n) is 5.78. The van der Waals surface area contributed by atoms with Crippen LogP contribution in [0, 0.1) is 13.8 Å². The Hall–Kier alpha value is -2.67. The first-order chi connectivity index (χ1) is 12.3. The average Bonchev–Trinajstić information content (AvgIpc) is 2.62. The molecule has 2 aromatic carbocycles. The molecule has 0 aliphatic rings. The summed E-state index contributed by atoms with van der Waals surface area (Å²) in [6.07, 6.45) is 0.634. The summed E-state index contributed by atoms with van der Waals surface area (Å²) in [6, 6.07) is 13.0. The number of aryl methyl sites for hydroxylation is 2. The van der Waals surface area contributed by atoms with Crippen LogP contribution in [0.15, 0.2) is 58.6 Å². The SMILES string of the molecule is CCCOC(=O)/C(=N/OS(=O)(=O)c1ccc(C)cc1)c1ccc(C)cc1. The molecule has 0 spiro atoms. The van der Waals surface area contributed by atoms with Gasteiger partial charge in [-0.3, -0.25) is 4.28 Å². The first-order valence-electron chi connectivity index (χ1n) is 8.16. The van der Waals surface area contributed by atoms with Crippen LogP contribution in [-0.2, 0) is 23.9 Å². The maximum Gasteiger partial charge on any atom is 0.361 e. The number of oxime groups is 1. The smallest absolute Gasteiger partial charge is 0.361 e. The van der Waals surface area contributed by atoms with E-state index in [0.29, 0.717) is 12.0 Å². The van der Waals surface area contributed by atoms with Crippen molar-refractivity contribution in [3.63, 3.8) is 0 Å². The zero-order valence-electron chi connectivity index (χ0n) is 14.9. The van der Waals surface area contributed by atoms with Crippen molar-refractivity contribution >= 4 is 21.8 Å². The van der Waals surface area contributed by atoms with Crippen LogP contribution in [0.4, 0.5) is 0 Å². The molecule has 0 unspecified atom stereocenters. The molecule has 0 N–H and O–H groups in total. The van der Waals surface area contributed by atoms with Crippen molar-refractivity contribution in [1.82, 2.24) is 0 Å². The molecular weight excluding hydrogens is 354 g/mol. The standard InChI is InChI=1S/C19H21NO5S/c1-4-13-24-19(21)18(16-9-5-14(2)6-10-16)20-25-26(22,23)17-11-7-15(3)8-12-17/h5-12H,4,13H2,1-3H3/b20-18+. The highest BCUT2D eigenvalue weighted by Gasteiger charge is 2.21. The maximum atomic E-state index is 12.3. The number of benzene rings is 2. The second kappa shape index (κ2) is 8.62. The molecule has 2 rings (SSSR count). The minimum atomic E-state index is -4.14. The Morgan fingerprint density at radius 3 is 2.04 bits per heavy atom. The summed E-state index contributed by atoms with van der Waals surface area (Å²) in [7, 11) is -4.14. The average molecular weight is 375 g/mol. The molecule has 0 fully saturated rings. The Balaban J connectivity index is 2.33. The number of hydrogen-bond donors (Lipinski definition) is 0. The fourth-order valence-corrected chi connectivity index (χ4v) is 2.74. The first-order valence-corrected chi connectivity index (χ1v) is 9.57. The highest BCUT2D eigenvalue weighted by Crippen LogP contribution is 2.15. The van der Waals surface area contributed by atoms with Gasteiger partial charge in [0.1, 0.15) is 4.90 Å². The van der Waals surface area contributed by atoms with Gasteiger partial charge in [0.2, 0.25) is 0 Å². The fraction of sp³-hybridized carbons (Fsp3) is 0.263. The molecule has 0 aliphatic heterocycles. The van der Waals surface area contributed by atoms with Crippen LogP contribution in [-0.4, -0.2) is 26.7 Å². The molecule has 0 aliphatic carbocycles. The number of hydrogen-bond acceptors (Lipinski definition) is 6. The molecule has 7 heteroatoms. The Morgan fingerprint density at radius 1 is 0.962 bits per heavy atom. The summed E-state index contributed by atoms with van der Waals surface area (Å²) in [4.78, 5) is 12.2. The van der Waals surface area contributed by atoms with Gasteiger partial charge in [0.15, 0.2) is 5.71 Å². The van der Waals surface area contributed by atoms with Crippen LogP contribution in [0.3, 0.4) is 0 Å². The lowest BCUT2D eigenvalue weighted by Crippen LogP contribution is -2.20. The molecule has 0 amide bonds. The summed E-state index contributed by atoms with van der Waals surface area (Å²) in [5.41, 5.74) is 2.11. The highest BCUT2D eigenvalue weighted by molar-refractivity contribution is 7.86. The van der Waals surface area contributed by atoms with E-state index in [1.165, 1.54) is 12.1 Å². The van der Waals surface area contributed by atoms with Crippen LogP contribution in [0.5, 0.6) is 0 Å². The predicted octanol–water partition coefficient (Wildman–Crippen LogP) is 3.37. The zero-order chi connectivity index (χ0) is 19.2. The summed E-state index contributed by atoms with van der Waals surface area (Å²) in [5.74, 6) is -0.741.